The van der Waals surface area contributed by atoms with E-state index in [1.807, 2.05) is 56.6 Å². The van der Waals surface area contributed by atoms with Crippen LogP contribution in [0.15, 0.2) is 42.5 Å². The second-order valence-electron chi connectivity index (χ2n) is 8.03. The molecule has 2 aromatic carbocycles. The van der Waals surface area contributed by atoms with E-state index in [1.165, 1.54) is 11.3 Å². The van der Waals surface area contributed by atoms with Gasteiger partial charge in [-0.1, -0.05) is 37.2 Å². The van der Waals surface area contributed by atoms with Crippen molar-refractivity contribution in [2.24, 2.45) is 0 Å². The van der Waals surface area contributed by atoms with Gasteiger partial charge < -0.3 is 14.4 Å². The molecule has 1 amide bonds. The number of methoxy groups -OCH3 is 1. The van der Waals surface area contributed by atoms with Gasteiger partial charge >= 0.3 is 0 Å². The lowest BCUT2D eigenvalue weighted by molar-refractivity contribution is 0.0985. The van der Waals surface area contributed by atoms with Gasteiger partial charge in [-0.2, -0.15) is 0 Å². The number of ether oxygens (including phenoxy) is 2. The first-order chi connectivity index (χ1) is 15.5. The topological polar surface area (TPSA) is 54.9 Å². The number of benzene rings is 2. The molecule has 7 heteroatoms. The Morgan fingerprint density at radius 3 is 2.62 bits per heavy atom. The molecule has 0 unspecified atom stereocenters. The standard InChI is InChI=1S/C25H33N3O3S/c1-5-6-7-16-31-21-11-8-10-19(17-21)24(29)28(15-9-14-27(2)3)25-26-22-13-12-20(30-4)18-23(22)32-25/h8,10-13,17-18H,5-7,9,14-16H2,1-4H3. The van der Waals surface area contributed by atoms with Crippen LogP contribution in [0.1, 0.15) is 43.0 Å². The summed E-state index contributed by atoms with van der Waals surface area (Å²) in [6, 6.07) is 13.3. The third-order valence-corrected chi connectivity index (χ3v) is 6.19. The van der Waals surface area contributed by atoms with E-state index in [-0.39, 0.29) is 5.91 Å². The van der Waals surface area contributed by atoms with E-state index in [1.54, 1.807) is 12.0 Å². The predicted molar refractivity (Wildman–Crippen MR) is 132 cm³/mol. The van der Waals surface area contributed by atoms with Crippen LogP contribution in [0.4, 0.5) is 5.13 Å². The van der Waals surface area contributed by atoms with Crippen molar-refractivity contribution in [1.82, 2.24) is 9.88 Å². The molecule has 0 bridgehead atoms. The molecule has 0 radical (unpaired) electrons. The number of rotatable bonds is 12. The summed E-state index contributed by atoms with van der Waals surface area (Å²) < 4.78 is 12.2. The Labute approximate surface area is 194 Å². The summed E-state index contributed by atoms with van der Waals surface area (Å²) in [7, 11) is 5.72. The van der Waals surface area contributed by atoms with Crippen LogP contribution in [0.2, 0.25) is 0 Å². The summed E-state index contributed by atoms with van der Waals surface area (Å²) in [6.07, 6.45) is 4.16. The number of hydrogen-bond acceptors (Lipinski definition) is 6. The molecule has 0 spiro atoms. The molecule has 0 saturated heterocycles. The number of anilines is 1. The van der Waals surface area contributed by atoms with E-state index in [0.717, 1.165) is 53.9 Å². The number of nitrogens with zero attached hydrogens (tertiary/aromatic N) is 3. The van der Waals surface area contributed by atoms with Gasteiger partial charge in [-0.25, -0.2) is 4.98 Å². The van der Waals surface area contributed by atoms with Gasteiger partial charge in [0.05, 0.1) is 23.9 Å². The van der Waals surface area contributed by atoms with Crippen molar-refractivity contribution in [3.63, 3.8) is 0 Å². The summed E-state index contributed by atoms with van der Waals surface area (Å²) in [5, 5.41) is 0.700. The van der Waals surface area contributed by atoms with Gasteiger partial charge in [0, 0.05) is 12.1 Å². The van der Waals surface area contributed by atoms with Gasteiger partial charge in [0.25, 0.3) is 5.91 Å². The first-order valence-electron chi connectivity index (χ1n) is 11.2. The highest BCUT2D eigenvalue weighted by atomic mass is 32.1. The summed E-state index contributed by atoms with van der Waals surface area (Å²) in [5.74, 6) is 1.45. The Bertz CT molecular complexity index is 1020. The molecule has 3 aromatic rings. The molecular weight excluding hydrogens is 422 g/mol. The van der Waals surface area contributed by atoms with Crippen LogP contribution in [-0.2, 0) is 0 Å². The van der Waals surface area contributed by atoms with Crippen LogP contribution in [0.5, 0.6) is 11.5 Å². The van der Waals surface area contributed by atoms with Gasteiger partial charge in [0.1, 0.15) is 11.5 Å². The minimum Gasteiger partial charge on any atom is -0.497 e. The van der Waals surface area contributed by atoms with Crippen molar-refractivity contribution in [2.75, 3.05) is 45.8 Å². The van der Waals surface area contributed by atoms with Gasteiger partial charge in [0.2, 0.25) is 0 Å². The first-order valence-corrected chi connectivity index (χ1v) is 12.0. The Kier molecular flexibility index (Phi) is 8.88. The average molecular weight is 456 g/mol. The van der Waals surface area contributed by atoms with Crippen LogP contribution in [0.3, 0.4) is 0 Å². The lowest BCUT2D eigenvalue weighted by Crippen LogP contribution is -2.33. The lowest BCUT2D eigenvalue weighted by atomic mass is 10.2. The molecule has 0 fully saturated rings. The molecule has 0 saturated carbocycles. The maximum absolute atomic E-state index is 13.5. The predicted octanol–water partition coefficient (Wildman–Crippen LogP) is 5.47. The molecule has 0 atom stereocenters. The van der Waals surface area contributed by atoms with E-state index in [9.17, 15) is 4.79 Å². The van der Waals surface area contributed by atoms with Crippen LogP contribution in [0, 0.1) is 0 Å². The van der Waals surface area contributed by atoms with E-state index >= 15 is 0 Å². The maximum Gasteiger partial charge on any atom is 0.260 e. The Morgan fingerprint density at radius 2 is 1.88 bits per heavy atom. The molecule has 6 nitrogen and oxygen atoms in total. The third-order valence-electron chi connectivity index (χ3n) is 5.15. The minimum atomic E-state index is -0.0613. The summed E-state index contributed by atoms with van der Waals surface area (Å²) in [4.78, 5) is 22.2. The van der Waals surface area contributed by atoms with E-state index in [0.29, 0.717) is 23.8 Å². The number of unbranched alkanes of at least 4 members (excludes halogenated alkanes) is 2. The zero-order valence-corrected chi connectivity index (χ0v) is 20.3. The fraction of sp³-hybridized carbons (Fsp3) is 0.440. The fourth-order valence-corrected chi connectivity index (χ4v) is 4.40. The van der Waals surface area contributed by atoms with Crippen molar-refractivity contribution >= 4 is 32.6 Å². The second kappa shape index (κ2) is 11.8. The molecule has 0 aliphatic carbocycles. The first kappa shape index (κ1) is 24.0. The Morgan fingerprint density at radius 1 is 1.03 bits per heavy atom. The largest absolute Gasteiger partial charge is 0.497 e. The highest BCUT2D eigenvalue weighted by Crippen LogP contribution is 2.32. The SMILES string of the molecule is CCCCCOc1cccc(C(=O)N(CCCN(C)C)c2nc3ccc(OC)cc3s2)c1. The number of carbonyl (C=O) groups excluding carboxylic acids is 1. The zero-order chi connectivity index (χ0) is 22.9. The summed E-state index contributed by atoms with van der Waals surface area (Å²) in [6.45, 7) is 4.32. The normalized spacial score (nSPS) is 11.2. The highest BCUT2D eigenvalue weighted by Gasteiger charge is 2.22. The van der Waals surface area contributed by atoms with E-state index in [2.05, 4.69) is 11.8 Å². The van der Waals surface area contributed by atoms with Crippen LogP contribution >= 0.6 is 11.3 Å². The Hall–Kier alpha value is -2.64. The summed E-state index contributed by atoms with van der Waals surface area (Å²) >= 11 is 1.51. The average Bonchev–Trinajstić information content (AvgIpc) is 3.22. The fourth-order valence-electron chi connectivity index (χ4n) is 3.38. The molecule has 172 valence electrons. The molecule has 3 rings (SSSR count). The molecule has 0 N–H and O–H groups in total. The number of fused-ring (bicyclic) bond motifs is 1. The second-order valence-corrected chi connectivity index (χ2v) is 9.04. The highest BCUT2D eigenvalue weighted by molar-refractivity contribution is 7.22. The number of carbonyl (C=O) groups is 1. The monoisotopic (exact) mass is 455 g/mol. The summed E-state index contributed by atoms with van der Waals surface area (Å²) in [5.41, 5.74) is 1.48. The van der Waals surface area contributed by atoms with Crippen LogP contribution in [0.25, 0.3) is 10.2 Å². The number of thiazole rings is 1. The minimum absolute atomic E-state index is 0.0613. The third kappa shape index (κ3) is 6.43. The van der Waals surface area contributed by atoms with E-state index < -0.39 is 0 Å². The molecule has 1 heterocycles. The molecule has 1 aromatic heterocycles. The van der Waals surface area contributed by atoms with Gasteiger partial charge in [0.15, 0.2) is 5.13 Å². The molecule has 0 aliphatic heterocycles. The van der Waals surface area contributed by atoms with Gasteiger partial charge in [-0.15, -0.1) is 0 Å². The molecule has 0 aliphatic rings. The van der Waals surface area contributed by atoms with E-state index in [4.69, 9.17) is 14.5 Å². The van der Waals surface area contributed by atoms with Crippen molar-refractivity contribution in [3.8, 4) is 11.5 Å². The zero-order valence-electron chi connectivity index (χ0n) is 19.5. The van der Waals surface area contributed by atoms with Gasteiger partial charge in [-0.05, 0) is 69.9 Å². The van der Waals surface area contributed by atoms with Crippen LogP contribution < -0.4 is 14.4 Å². The quantitative estimate of drug-likeness (QED) is 0.339. The number of aromatic nitrogens is 1. The maximum atomic E-state index is 13.5. The molecular formula is C25H33N3O3S. The van der Waals surface area contributed by atoms with Crippen molar-refractivity contribution in [3.05, 3.63) is 48.0 Å². The smallest absolute Gasteiger partial charge is 0.260 e. The van der Waals surface area contributed by atoms with Gasteiger partial charge in [-0.3, -0.25) is 9.69 Å². The van der Waals surface area contributed by atoms with Crippen LogP contribution in [-0.4, -0.2) is 56.7 Å². The Balaban J connectivity index is 1.84. The van der Waals surface area contributed by atoms with Crippen molar-refractivity contribution < 1.29 is 14.3 Å². The number of hydrogen-bond donors (Lipinski definition) is 0. The van der Waals surface area contributed by atoms with Crippen molar-refractivity contribution in [1.29, 1.82) is 0 Å². The number of amides is 1. The molecule has 32 heavy (non-hydrogen) atoms. The lowest BCUT2D eigenvalue weighted by Gasteiger charge is -2.21. The van der Waals surface area contributed by atoms with Crippen molar-refractivity contribution in [2.45, 2.75) is 32.6 Å².